The molecule has 118 valence electrons. The normalized spacial score (nSPS) is 10.3. The highest BCUT2D eigenvalue weighted by molar-refractivity contribution is 6.31. The maximum absolute atomic E-state index is 6.23. The second-order valence-corrected chi connectivity index (χ2v) is 4.90. The molecule has 0 fully saturated rings. The maximum atomic E-state index is 6.23. The second-order valence-electron chi connectivity index (χ2n) is 4.49. The van der Waals surface area contributed by atoms with Gasteiger partial charge in [0.25, 0.3) is 0 Å². The molecule has 5 nitrogen and oxygen atoms in total. The molecule has 0 amide bonds. The molecule has 2 aromatic rings. The van der Waals surface area contributed by atoms with E-state index in [9.17, 15) is 0 Å². The number of hydrogen-bond donors (Lipinski definition) is 1. The summed E-state index contributed by atoms with van der Waals surface area (Å²) in [5, 5.41) is 3.90. The van der Waals surface area contributed by atoms with E-state index in [0.717, 1.165) is 5.56 Å². The van der Waals surface area contributed by atoms with E-state index in [1.807, 2.05) is 24.3 Å². The lowest BCUT2D eigenvalue weighted by Crippen LogP contribution is -2.21. The van der Waals surface area contributed by atoms with Gasteiger partial charge in [0.05, 0.1) is 14.2 Å². The monoisotopic (exact) mass is 322 g/mol. The number of nitrogens with one attached hydrogen (secondary N) is 1. The number of aromatic nitrogens is 1. The third kappa shape index (κ3) is 4.51. The van der Waals surface area contributed by atoms with E-state index < -0.39 is 0 Å². The number of benzene rings is 1. The Morgan fingerprint density at radius 3 is 2.59 bits per heavy atom. The van der Waals surface area contributed by atoms with E-state index in [1.165, 1.54) is 0 Å². The third-order valence-electron chi connectivity index (χ3n) is 3.03. The largest absolute Gasteiger partial charge is 0.493 e. The molecule has 0 aliphatic rings. The average Bonchev–Trinajstić information content (AvgIpc) is 2.56. The van der Waals surface area contributed by atoms with Gasteiger partial charge in [-0.3, -0.25) is 0 Å². The molecule has 6 heteroatoms. The number of nitrogens with zero attached hydrogens (tertiary/aromatic N) is 1. The Morgan fingerprint density at radius 1 is 1.14 bits per heavy atom. The van der Waals surface area contributed by atoms with E-state index in [4.69, 9.17) is 25.8 Å². The quantitative estimate of drug-likeness (QED) is 0.757. The van der Waals surface area contributed by atoms with Crippen molar-refractivity contribution in [2.24, 2.45) is 0 Å². The first-order valence-corrected chi connectivity index (χ1v) is 7.27. The standard InChI is InChI=1S/C16H19ClN2O3/c1-20-14-9-12(13(17)10-15(14)21-2)11-18-7-8-22-16-5-3-4-6-19-16/h3-6,9-10,18H,7-8,11H2,1-2H3. The molecule has 0 saturated carbocycles. The fraction of sp³-hybridized carbons (Fsp3) is 0.312. The first kappa shape index (κ1) is 16.4. The van der Waals surface area contributed by atoms with Crippen molar-refractivity contribution >= 4 is 11.6 Å². The van der Waals surface area contributed by atoms with Crippen LogP contribution in [-0.4, -0.2) is 32.4 Å². The number of hydrogen-bond acceptors (Lipinski definition) is 5. The highest BCUT2D eigenvalue weighted by Crippen LogP contribution is 2.32. The molecular formula is C16H19ClN2O3. The van der Waals surface area contributed by atoms with Crippen LogP contribution >= 0.6 is 11.6 Å². The maximum Gasteiger partial charge on any atom is 0.213 e. The highest BCUT2D eigenvalue weighted by Gasteiger charge is 2.09. The van der Waals surface area contributed by atoms with Crippen LogP contribution in [0.2, 0.25) is 5.02 Å². The summed E-state index contributed by atoms with van der Waals surface area (Å²) in [6, 6.07) is 9.18. The zero-order valence-electron chi connectivity index (χ0n) is 12.6. The third-order valence-corrected chi connectivity index (χ3v) is 3.39. The molecular weight excluding hydrogens is 304 g/mol. The van der Waals surface area contributed by atoms with Crippen molar-refractivity contribution in [1.82, 2.24) is 10.3 Å². The molecule has 0 aliphatic carbocycles. The fourth-order valence-corrected chi connectivity index (χ4v) is 2.14. The molecule has 0 saturated heterocycles. The molecule has 1 heterocycles. The molecule has 0 aliphatic heterocycles. The molecule has 0 radical (unpaired) electrons. The minimum atomic E-state index is 0.530. The Bertz CT molecular complexity index is 593. The van der Waals surface area contributed by atoms with Gasteiger partial charge >= 0.3 is 0 Å². The average molecular weight is 323 g/mol. The van der Waals surface area contributed by atoms with E-state index in [2.05, 4.69) is 10.3 Å². The van der Waals surface area contributed by atoms with Crippen LogP contribution in [0.3, 0.4) is 0 Å². The van der Waals surface area contributed by atoms with E-state index in [0.29, 0.717) is 42.1 Å². The van der Waals surface area contributed by atoms with Crippen LogP contribution in [0.15, 0.2) is 36.5 Å². The van der Waals surface area contributed by atoms with Gasteiger partial charge in [0.1, 0.15) is 6.61 Å². The van der Waals surface area contributed by atoms with Gasteiger partial charge in [0, 0.05) is 36.4 Å². The number of ether oxygens (including phenoxy) is 3. The molecule has 1 aromatic carbocycles. The SMILES string of the molecule is COc1cc(Cl)c(CNCCOc2ccccn2)cc1OC. The van der Waals surface area contributed by atoms with Crippen LogP contribution in [0.1, 0.15) is 5.56 Å². The van der Waals surface area contributed by atoms with Crippen LogP contribution in [0.4, 0.5) is 0 Å². The molecule has 22 heavy (non-hydrogen) atoms. The first-order chi connectivity index (χ1) is 10.7. The Labute approximate surface area is 135 Å². The molecule has 0 atom stereocenters. The fourth-order valence-electron chi connectivity index (χ4n) is 1.92. The van der Waals surface area contributed by atoms with Crippen molar-refractivity contribution in [1.29, 1.82) is 0 Å². The molecule has 2 rings (SSSR count). The minimum absolute atomic E-state index is 0.530. The van der Waals surface area contributed by atoms with Crippen molar-refractivity contribution < 1.29 is 14.2 Å². The summed E-state index contributed by atoms with van der Waals surface area (Å²) in [6.07, 6.45) is 1.70. The number of pyridine rings is 1. The van der Waals surface area contributed by atoms with Gasteiger partial charge < -0.3 is 19.5 Å². The van der Waals surface area contributed by atoms with Gasteiger partial charge in [-0.25, -0.2) is 4.98 Å². The molecule has 0 bridgehead atoms. The van der Waals surface area contributed by atoms with Crippen LogP contribution in [0.25, 0.3) is 0 Å². The minimum Gasteiger partial charge on any atom is -0.493 e. The zero-order chi connectivity index (χ0) is 15.8. The lowest BCUT2D eigenvalue weighted by Gasteiger charge is -2.12. The van der Waals surface area contributed by atoms with Gasteiger partial charge in [-0.1, -0.05) is 17.7 Å². The Morgan fingerprint density at radius 2 is 1.91 bits per heavy atom. The summed E-state index contributed by atoms with van der Waals surface area (Å²) in [6.45, 7) is 1.83. The summed E-state index contributed by atoms with van der Waals surface area (Å²) in [5.41, 5.74) is 0.942. The molecule has 1 aromatic heterocycles. The van der Waals surface area contributed by atoms with Gasteiger partial charge in [-0.15, -0.1) is 0 Å². The van der Waals surface area contributed by atoms with Crippen molar-refractivity contribution in [2.75, 3.05) is 27.4 Å². The molecule has 0 unspecified atom stereocenters. The smallest absolute Gasteiger partial charge is 0.213 e. The summed E-state index contributed by atoms with van der Waals surface area (Å²) in [5.74, 6) is 1.90. The summed E-state index contributed by atoms with van der Waals surface area (Å²) in [7, 11) is 3.19. The summed E-state index contributed by atoms with van der Waals surface area (Å²) >= 11 is 6.23. The topological polar surface area (TPSA) is 52.6 Å². The Balaban J connectivity index is 1.81. The van der Waals surface area contributed by atoms with Gasteiger partial charge in [-0.2, -0.15) is 0 Å². The summed E-state index contributed by atoms with van der Waals surface area (Å²) < 4.78 is 16.0. The van der Waals surface area contributed by atoms with Crippen molar-refractivity contribution in [3.8, 4) is 17.4 Å². The van der Waals surface area contributed by atoms with Crippen LogP contribution in [0.5, 0.6) is 17.4 Å². The zero-order valence-corrected chi connectivity index (χ0v) is 13.4. The highest BCUT2D eigenvalue weighted by atomic mass is 35.5. The lowest BCUT2D eigenvalue weighted by atomic mass is 10.2. The Hall–Kier alpha value is -1.98. The number of methoxy groups -OCH3 is 2. The van der Waals surface area contributed by atoms with Gasteiger partial charge in [-0.05, 0) is 17.7 Å². The predicted octanol–water partition coefficient (Wildman–Crippen LogP) is 2.92. The lowest BCUT2D eigenvalue weighted by molar-refractivity contribution is 0.302. The number of rotatable bonds is 8. The van der Waals surface area contributed by atoms with E-state index >= 15 is 0 Å². The first-order valence-electron chi connectivity index (χ1n) is 6.89. The summed E-state index contributed by atoms with van der Waals surface area (Å²) in [4.78, 5) is 4.09. The van der Waals surface area contributed by atoms with Gasteiger partial charge in [0.2, 0.25) is 5.88 Å². The second kappa shape index (κ2) is 8.46. The van der Waals surface area contributed by atoms with Crippen LogP contribution < -0.4 is 19.5 Å². The van der Waals surface area contributed by atoms with Crippen LogP contribution in [0, 0.1) is 0 Å². The van der Waals surface area contributed by atoms with Crippen LogP contribution in [-0.2, 0) is 6.54 Å². The van der Waals surface area contributed by atoms with Gasteiger partial charge in [0.15, 0.2) is 11.5 Å². The van der Waals surface area contributed by atoms with E-state index in [-0.39, 0.29) is 0 Å². The predicted molar refractivity (Wildman–Crippen MR) is 86.0 cm³/mol. The van der Waals surface area contributed by atoms with E-state index in [1.54, 1.807) is 26.5 Å². The molecule has 0 spiro atoms. The van der Waals surface area contributed by atoms with Crippen molar-refractivity contribution in [2.45, 2.75) is 6.54 Å². The van der Waals surface area contributed by atoms with Crippen molar-refractivity contribution in [3.63, 3.8) is 0 Å². The number of halogens is 1. The Kier molecular flexibility index (Phi) is 6.30. The van der Waals surface area contributed by atoms with Crippen molar-refractivity contribution in [3.05, 3.63) is 47.1 Å². The molecule has 1 N–H and O–H groups in total.